The van der Waals surface area contributed by atoms with Crippen LogP contribution in [0.15, 0.2) is 17.4 Å². The molecule has 2 N–H and O–H groups in total. The minimum absolute atomic E-state index is 0. The minimum atomic E-state index is 0. The monoisotopic (exact) mass is 486 g/mol. The van der Waals surface area contributed by atoms with Gasteiger partial charge in [-0.25, -0.2) is 19.6 Å². The fraction of sp³-hybridized carbons (Fsp3) is 0.667. The van der Waals surface area contributed by atoms with E-state index < -0.39 is 0 Å². The molecule has 0 amide bonds. The third kappa shape index (κ3) is 5.66. The number of nitrogens with zero attached hydrogens (tertiary/aromatic N) is 6. The van der Waals surface area contributed by atoms with E-state index in [9.17, 15) is 0 Å². The molecule has 3 heterocycles. The predicted molar refractivity (Wildman–Crippen MR) is 117 cm³/mol. The number of hydrogen-bond donors (Lipinski definition) is 2. The summed E-state index contributed by atoms with van der Waals surface area (Å²) in [6.07, 6.45) is 5.99. The number of halogens is 1. The molecule has 9 heteroatoms. The van der Waals surface area contributed by atoms with Crippen molar-refractivity contribution in [3.05, 3.63) is 29.9 Å². The number of aromatic nitrogens is 5. The van der Waals surface area contributed by atoms with Crippen LogP contribution in [0, 0.1) is 12.8 Å². The molecular weight excluding hydrogens is 455 g/mol. The lowest BCUT2D eigenvalue weighted by molar-refractivity contribution is 0.397. The summed E-state index contributed by atoms with van der Waals surface area (Å²) in [5.74, 6) is 4.19. The molecule has 0 spiro atoms. The highest BCUT2D eigenvalue weighted by Gasteiger charge is 2.24. The highest BCUT2D eigenvalue weighted by molar-refractivity contribution is 14.0. The topological polar surface area (TPSA) is 85.0 Å². The Morgan fingerprint density at radius 2 is 2.22 bits per heavy atom. The Balaban J connectivity index is 0.00000261. The Bertz CT molecular complexity index is 748. The summed E-state index contributed by atoms with van der Waals surface area (Å²) < 4.78 is 4.19. The molecule has 0 bridgehead atoms. The lowest BCUT2D eigenvalue weighted by atomic mass is 10.1. The van der Waals surface area contributed by atoms with E-state index >= 15 is 0 Å². The van der Waals surface area contributed by atoms with Gasteiger partial charge in [-0.15, -0.1) is 24.0 Å². The third-order valence-corrected chi connectivity index (χ3v) is 4.38. The van der Waals surface area contributed by atoms with Crippen molar-refractivity contribution in [2.45, 2.75) is 66.2 Å². The van der Waals surface area contributed by atoms with Gasteiger partial charge in [-0.1, -0.05) is 13.8 Å². The fourth-order valence-corrected chi connectivity index (χ4v) is 3.29. The average molecular weight is 486 g/mol. The Hall–Kier alpha value is -1.65. The van der Waals surface area contributed by atoms with E-state index in [0.29, 0.717) is 12.5 Å². The highest BCUT2D eigenvalue weighted by Crippen LogP contribution is 2.22. The van der Waals surface area contributed by atoms with Crippen molar-refractivity contribution in [3.63, 3.8) is 0 Å². The maximum atomic E-state index is 4.75. The van der Waals surface area contributed by atoms with Crippen molar-refractivity contribution >= 4 is 29.9 Å². The van der Waals surface area contributed by atoms with Crippen LogP contribution in [-0.2, 0) is 19.6 Å². The van der Waals surface area contributed by atoms with Gasteiger partial charge in [-0.2, -0.15) is 5.10 Å². The first kappa shape index (κ1) is 21.6. The number of aryl methyl sites for hydroxylation is 2. The smallest absolute Gasteiger partial charge is 0.192 e. The van der Waals surface area contributed by atoms with Gasteiger partial charge >= 0.3 is 0 Å². The van der Waals surface area contributed by atoms with E-state index in [1.165, 1.54) is 0 Å². The normalized spacial score (nSPS) is 16.8. The predicted octanol–water partition coefficient (Wildman–Crippen LogP) is 2.65. The van der Waals surface area contributed by atoms with Crippen LogP contribution in [0.1, 0.15) is 57.1 Å². The van der Waals surface area contributed by atoms with E-state index in [4.69, 9.17) is 4.99 Å². The molecule has 3 rings (SSSR count). The maximum absolute atomic E-state index is 4.75. The Morgan fingerprint density at radius 3 is 2.96 bits per heavy atom. The zero-order valence-electron chi connectivity index (χ0n) is 16.6. The largest absolute Gasteiger partial charge is 0.357 e. The highest BCUT2D eigenvalue weighted by atomic mass is 127. The van der Waals surface area contributed by atoms with Crippen LogP contribution < -0.4 is 10.6 Å². The van der Waals surface area contributed by atoms with Crippen LogP contribution in [0.3, 0.4) is 0 Å². The number of guanidine groups is 1. The van der Waals surface area contributed by atoms with Crippen LogP contribution >= 0.6 is 24.0 Å². The van der Waals surface area contributed by atoms with Gasteiger partial charge in [0.15, 0.2) is 5.96 Å². The molecular formula is C18H31IN8. The first-order chi connectivity index (χ1) is 12.6. The molecule has 8 nitrogen and oxygen atoms in total. The fourth-order valence-electron chi connectivity index (χ4n) is 3.29. The lowest BCUT2D eigenvalue weighted by Gasteiger charge is -2.25. The molecule has 27 heavy (non-hydrogen) atoms. The molecule has 0 aromatic carbocycles. The first-order valence-electron chi connectivity index (χ1n) is 9.53. The summed E-state index contributed by atoms with van der Waals surface area (Å²) in [6, 6.07) is 0.137. The summed E-state index contributed by atoms with van der Waals surface area (Å²) in [5.41, 5.74) is 0. The Kier molecular flexibility index (Phi) is 8.06. The van der Waals surface area contributed by atoms with E-state index in [1.54, 1.807) is 0 Å². The van der Waals surface area contributed by atoms with Gasteiger partial charge in [0.2, 0.25) is 0 Å². The van der Waals surface area contributed by atoms with Gasteiger partial charge in [0.1, 0.15) is 24.0 Å². The number of imidazole rings is 1. The minimum Gasteiger partial charge on any atom is -0.357 e. The second-order valence-electron chi connectivity index (χ2n) is 7.16. The van der Waals surface area contributed by atoms with Crippen molar-refractivity contribution < 1.29 is 0 Å². The molecule has 0 fully saturated rings. The molecule has 0 aliphatic carbocycles. The Morgan fingerprint density at radius 1 is 1.41 bits per heavy atom. The van der Waals surface area contributed by atoms with E-state index in [0.717, 1.165) is 55.9 Å². The zero-order valence-corrected chi connectivity index (χ0v) is 19.0. The van der Waals surface area contributed by atoms with E-state index in [2.05, 4.69) is 51.0 Å². The van der Waals surface area contributed by atoms with Gasteiger partial charge < -0.3 is 15.2 Å². The Labute approximate surface area is 178 Å². The molecule has 1 unspecified atom stereocenters. The van der Waals surface area contributed by atoms with Gasteiger partial charge in [0.25, 0.3) is 0 Å². The SMILES string of the molecule is CCNC(=NCc1nccn1CC(C)C)NC1CCCn2nc(C)nc21.I. The van der Waals surface area contributed by atoms with Crippen molar-refractivity contribution in [2.75, 3.05) is 6.54 Å². The van der Waals surface area contributed by atoms with Crippen molar-refractivity contribution in [2.24, 2.45) is 10.9 Å². The standard InChI is InChI=1S/C18H30N8.HI/c1-5-19-18(21-11-16-20-8-10-25(16)12-13(2)3)23-15-7-6-9-26-17(15)22-14(4)24-26;/h8,10,13,15H,5-7,9,11-12H2,1-4H3,(H2,19,21,23);1H. The molecule has 150 valence electrons. The van der Waals surface area contributed by atoms with Gasteiger partial charge in [-0.05, 0) is 32.6 Å². The lowest BCUT2D eigenvalue weighted by Crippen LogP contribution is -2.41. The number of rotatable bonds is 6. The molecule has 1 atom stereocenters. The van der Waals surface area contributed by atoms with Crippen LogP contribution in [0.25, 0.3) is 0 Å². The van der Waals surface area contributed by atoms with Crippen LogP contribution in [0.5, 0.6) is 0 Å². The summed E-state index contributed by atoms with van der Waals surface area (Å²) >= 11 is 0. The molecule has 0 radical (unpaired) electrons. The van der Waals surface area contributed by atoms with Crippen LogP contribution in [0.4, 0.5) is 0 Å². The van der Waals surface area contributed by atoms with Crippen molar-refractivity contribution in [1.29, 1.82) is 0 Å². The number of nitrogens with one attached hydrogen (secondary N) is 2. The number of fused-ring (bicyclic) bond motifs is 1. The summed E-state index contributed by atoms with van der Waals surface area (Å²) in [6.45, 7) is 11.7. The number of hydrogen-bond acceptors (Lipinski definition) is 4. The average Bonchev–Trinajstić information content (AvgIpc) is 3.18. The zero-order chi connectivity index (χ0) is 18.5. The van der Waals surface area contributed by atoms with Gasteiger partial charge in [0, 0.05) is 32.0 Å². The first-order valence-corrected chi connectivity index (χ1v) is 9.53. The third-order valence-electron chi connectivity index (χ3n) is 4.38. The molecule has 1 aliphatic rings. The molecule has 2 aromatic heterocycles. The summed E-state index contributed by atoms with van der Waals surface area (Å²) in [4.78, 5) is 13.8. The van der Waals surface area contributed by atoms with E-state index in [1.807, 2.05) is 24.0 Å². The van der Waals surface area contributed by atoms with Crippen molar-refractivity contribution in [1.82, 2.24) is 34.9 Å². The van der Waals surface area contributed by atoms with Gasteiger partial charge in [-0.3, -0.25) is 0 Å². The van der Waals surface area contributed by atoms with Crippen molar-refractivity contribution in [3.8, 4) is 0 Å². The summed E-state index contributed by atoms with van der Waals surface area (Å²) in [7, 11) is 0. The van der Waals surface area contributed by atoms with Crippen LogP contribution in [0.2, 0.25) is 0 Å². The molecule has 1 aliphatic heterocycles. The molecule has 0 saturated carbocycles. The second-order valence-corrected chi connectivity index (χ2v) is 7.16. The van der Waals surface area contributed by atoms with E-state index in [-0.39, 0.29) is 30.0 Å². The van der Waals surface area contributed by atoms with Gasteiger partial charge in [0.05, 0.1) is 6.04 Å². The maximum Gasteiger partial charge on any atom is 0.192 e. The molecule has 2 aromatic rings. The van der Waals surface area contributed by atoms with Crippen LogP contribution in [-0.4, -0.2) is 36.8 Å². The second kappa shape index (κ2) is 10.0. The summed E-state index contributed by atoms with van der Waals surface area (Å²) in [5, 5.41) is 11.3. The number of aliphatic imine (C=N–C) groups is 1. The quantitative estimate of drug-likeness (QED) is 0.373. The molecule has 0 saturated heterocycles.